The number of carboxylic acid groups (broad SMARTS) is 1. The van der Waals surface area contributed by atoms with Gasteiger partial charge in [0.05, 0.1) is 13.2 Å². The molecule has 1 saturated heterocycles. The van der Waals surface area contributed by atoms with E-state index in [4.69, 9.17) is 9.84 Å². The molecule has 1 heterocycles. The lowest BCUT2D eigenvalue weighted by atomic mass is 10.3. The largest absolute Gasteiger partial charge is 0.522 e. The zero-order valence-electron chi connectivity index (χ0n) is 8.37. The van der Waals surface area contributed by atoms with E-state index in [1.807, 2.05) is 0 Å². The fourth-order valence-electron chi connectivity index (χ4n) is 1.35. The van der Waals surface area contributed by atoms with Crippen LogP contribution >= 0.6 is 0 Å². The van der Waals surface area contributed by atoms with E-state index in [0.29, 0.717) is 6.54 Å². The van der Waals surface area contributed by atoms with E-state index in [9.17, 15) is 18.0 Å². The van der Waals surface area contributed by atoms with Gasteiger partial charge in [0.15, 0.2) is 6.10 Å². The van der Waals surface area contributed by atoms with Gasteiger partial charge in [-0.1, -0.05) is 0 Å². The first-order valence-corrected chi connectivity index (χ1v) is 4.66. The summed E-state index contributed by atoms with van der Waals surface area (Å²) in [6.07, 6.45) is -5.61. The maximum atomic E-state index is 11.7. The molecule has 1 aliphatic heterocycles. The van der Waals surface area contributed by atoms with E-state index in [1.165, 1.54) is 0 Å². The Kier molecular flexibility index (Phi) is 4.51. The normalized spacial score (nSPS) is 23.3. The lowest BCUT2D eigenvalue weighted by molar-refractivity contribution is -0.325. The fourth-order valence-corrected chi connectivity index (χ4v) is 1.35. The van der Waals surface area contributed by atoms with Gasteiger partial charge >= 0.3 is 12.3 Å². The molecule has 1 rings (SSSR count). The van der Waals surface area contributed by atoms with Crippen molar-refractivity contribution in [2.75, 3.05) is 32.8 Å². The lowest BCUT2D eigenvalue weighted by Crippen LogP contribution is -2.47. The highest BCUT2D eigenvalue weighted by molar-refractivity contribution is 5.72. The Bertz CT molecular complexity index is 246. The Morgan fingerprint density at radius 3 is 2.81 bits per heavy atom. The molecule has 0 aromatic carbocycles. The van der Waals surface area contributed by atoms with Crippen molar-refractivity contribution in [3.8, 4) is 0 Å². The molecule has 1 atom stereocenters. The molecule has 0 radical (unpaired) electrons. The summed E-state index contributed by atoms with van der Waals surface area (Å²) < 4.78 is 43.5. The molecule has 0 bridgehead atoms. The zero-order valence-corrected chi connectivity index (χ0v) is 8.37. The van der Waals surface area contributed by atoms with Crippen molar-refractivity contribution in [2.24, 2.45) is 0 Å². The second-order valence-electron chi connectivity index (χ2n) is 3.29. The minimum atomic E-state index is -4.64. The Balaban J connectivity index is 2.24. The predicted octanol–water partition coefficient (Wildman–Crippen LogP) is 0.308. The van der Waals surface area contributed by atoms with Crippen molar-refractivity contribution < 1.29 is 32.5 Å². The molecule has 94 valence electrons. The summed E-state index contributed by atoms with van der Waals surface area (Å²) >= 11 is 0. The van der Waals surface area contributed by atoms with Gasteiger partial charge < -0.3 is 9.84 Å². The molecule has 16 heavy (non-hydrogen) atoms. The molecule has 0 amide bonds. The molecular formula is C8H12F3NO4. The number of halogens is 3. The van der Waals surface area contributed by atoms with Crippen LogP contribution in [0, 0.1) is 0 Å². The third-order valence-electron chi connectivity index (χ3n) is 2.10. The number of nitrogens with zero attached hydrogens (tertiary/aromatic N) is 1. The maximum absolute atomic E-state index is 11.7. The van der Waals surface area contributed by atoms with E-state index in [2.05, 4.69) is 4.74 Å². The van der Waals surface area contributed by atoms with Crippen LogP contribution in [0.2, 0.25) is 0 Å². The molecule has 0 aromatic rings. The number of carbonyl (C=O) groups is 1. The summed E-state index contributed by atoms with van der Waals surface area (Å²) in [7, 11) is 0. The summed E-state index contributed by atoms with van der Waals surface area (Å²) in [6.45, 7) is 0.215. The van der Waals surface area contributed by atoms with Gasteiger partial charge in [-0.15, -0.1) is 13.2 Å². The highest BCUT2D eigenvalue weighted by atomic mass is 19.4. The van der Waals surface area contributed by atoms with Gasteiger partial charge in [-0.2, -0.15) is 0 Å². The van der Waals surface area contributed by atoms with Crippen LogP contribution in [-0.2, 0) is 14.3 Å². The van der Waals surface area contributed by atoms with Gasteiger partial charge in [-0.3, -0.25) is 9.64 Å². The first kappa shape index (κ1) is 13.2. The minimum absolute atomic E-state index is 0.0344. The second-order valence-corrected chi connectivity index (χ2v) is 3.29. The van der Waals surface area contributed by atoms with Crippen molar-refractivity contribution in [3.05, 3.63) is 0 Å². The van der Waals surface area contributed by atoms with Crippen LogP contribution in [0.3, 0.4) is 0 Å². The average Bonchev–Trinajstić information content (AvgIpc) is 2.16. The van der Waals surface area contributed by atoms with E-state index >= 15 is 0 Å². The average molecular weight is 243 g/mol. The van der Waals surface area contributed by atoms with Gasteiger partial charge in [0.1, 0.15) is 0 Å². The number of alkyl halides is 3. The maximum Gasteiger partial charge on any atom is 0.522 e. The van der Waals surface area contributed by atoms with E-state index in [0.717, 1.165) is 0 Å². The van der Waals surface area contributed by atoms with Crippen LogP contribution in [0.15, 0.2) is 0 Å². The number of hydrogen-bond donors (Lipinski definition) is 1. The summed E-state index contributed by atoms with van der Waals surface area (Å²) in [5, 5.41) is 8.65. The number of morpholine rings is 1. The van der Waals surface area contributed by atoms with Crippen molar-refractivity contribution >= 4 is 5.97 Å². The summed E-state index contributed by atoms with van der Waals surface area (Å²) in [5.41, 5.74) is 0. The van der Waals surface area contributed by atoms with Crippen molar-refractivity contribution in [1.29, 1.82) is 0 Å². The second kappa shape index (κ2) is 5.46. The molecule has 1 fully saturated rings. The lowest BCUT2D eigenvalue weighted by Gasteiger charge is -2.30. The third-order valence-corrected chi connectivity index (χ3v) is 2.10. The first-order chi connectivity index (χ1) is 7.38. The van der Waals surface area contributed by atoms with E-state index < -0.39 is 25.0 Å². The summed E-state index contributed by atoms with van der Waals surface area (Å²) in [5.74, 6) is -1.11. The predicted molar refractivity (Wildman–Crippen MR) is 45.8 cm³/mol. The highest BCUT2D eigenvalue weighted by Gasteiger charge is 2.30. The number of rotatable bonds is 4. The van der Waals surface area contributed by atoms with Crippen LogP contribution in [0.5, 0.6) is 0 Å². The summed E-state index contributed by atoms with van der Waals surface area (Å²) in [6, 6.07) is 0. The first-order valence-electron chi connectivity index (χ1n) is 4.66. The molecule has 0 saturated carbocycles. The van der Waals surface area contributed by atoms with Crippen LogP contribution < -0.4 is 0 Å². The highest BCUT2D eigenvalue weighted by Crippen LogP contribution is 2.16. The van der Waals surface area contributed by atoms with Gasteiger partial charge in [-0.25, -0.2) is 4.79 Å². The van der Waals surface area contributed by atoms with Gasteiger partial charge in [-0.05, 0) is 0 Å². The molecule has 1 aliphatic rings. The van der Waals surface area contributed by atoms with Gasteiger partial charge in [0.2, 0.25) is 0 Å². The SMILES string of the molecule is O=C(O)C1CN(CCOC(F)(F)F)CCO1. The molecule has 0 aromatic heterocycles. The van der Waals surface area contributed by atoms with Crippen LogP contribution in [0.25, 0.3) is 0 Å². The fraction of sp³-hybridized carbons (Fsp3) is 0.875. The van der Waals surface area contributed by atoms with Crippen molar-refractivity contribution in [1.82, 2.24) is 4.90 Å². The molecule has 1 unspecified atom stereocenters. The number of ether oxygens (including phenoxy) is 2. The molecule has 8 heteroatoms. The Labute approximate surface area is 89.7 Å². The minimum Gasteiger partial charge on any atom is -0.479 e. The Morgan fingerprint density at radius 2 is 2.25 bits per heavy atom. The van der Waals surface area contributed by atoms with E-state index in [1.54, 1.807) is 4.90 Å². The van der Waals surface area contributed by atoms with Crippen molar-refractivity contribution in [3.63, 3.8) is 0 Å². The Morgan fingerprint density at radius 1 is 1.56 bits per heavy atom. The van der Waals surface area contributed by atoms with Crippen LogP contribution in [-0.4, -0.2) is 61.3 Å². The van der Waals surface area contributed by atoms with Crippen molar-refractivity contribution in [2.45, 2.75) is 12.5 Å². The van der Waals surface area contributed by atoms with Crippen LogP contribution in [0.1, 0.15) is 0 Å². The van der Waals surface area contributed by atoms with Gasteiger partial charge in [0.25, 0.3) is 0 Å². The third kappa shape index (κ3) is 4.77. The topological polar surface area (TPSA) is 59.0 Å². The van der Waals surface area contributed by atoms with Crippen LogP contribution in [0.4, 0.5) is 13.2 Å². The standard InChI is InChI=1S/C8H12F3NO4/c9-8(10,11)16-4-2-12-1-3-15-6(5-12)7(13)14/h6H,1-5H2,(H,13,14). The quantitative estimate of drug-likeness (QED) is 0.770. The number of aliphatic carboxylic acids is 1. The summed E-state index contributed by atoms with van der Waals surface area (Å²) in [4.78, 5) is 12.1. The van der Waals surface area contributed by atoms with E-state index in [-0.39, 0.29) is 19.7 Å². The number of carboxylic acids is 1. The number of hydrogen-bond acceptors (Lipinski definition) is 4. The van der Waals surface area contributed by atoms with Gasteiger partial charge in [0, 0.05) is 19.6 Å². The molecule has 0 spiro atoms. The smallest absolute Gasteiger partial charge is 0.479 e. The molecule has 0 aliphatic carbocycles. The monoisotopic (exact) mass is 243 g/mol. The zero-order chi connectivity index (χ0) is 12.2. The molecule has 5 nitrogen and oxygen atoms in total. The molecule has 1 N–H and O–H groups in total. The molecular weight excluding hydrogens is 231 g/mol. The Hall–Kier alpha value is -0.860.